The van der Waals surface area contributed by atoms with Crippen molar-refractivity contribution in [2.75, 3.05) is 80.4 Å². The summed E-state index contributed by atoms with van der Waals surface area (Å²) in [6.45, 7) is 5.99. The molecule has 0 amide bonds. The van der Waals surface area contributed by atoms with Crippen LogP contribution in [0, 0.1) is 17.8 Å². The molecule has 0 aromatic heterocycles. The van der Waals surface area contributed by atoms with Crippen LogP contribution >= 0.6 is 15.9 Å². The molecule has 0 spiro atoms. The van der Waals surface area contributed by atoms with Gasteiger partial charge in [0.2, 0.25) is 0 Å². The summed E-state index contributed by atoms with van der Waals surface area (Å²) < 4.78 is 17.3. The maximum absolute atomic E-state index is 13.0. The fourth-order valence-corrected chi connectivity index (χ4v) is 11.8. The molecule has 13 nitrogen and oxygen atoms in total. The molecule has 75 heavy (non-hydrogen) atoms. The lowest BCUT2D eigenvalue weighted by Gasteiger charge is -2.38. The molecule has 3 heterocycles. The summed E-state index contributed by atoms with van der Waals surface area (Å²) in [5, 5.41) is 42.5. The zero-order chi connectivity index (χ0) is 53.8. The van der Waals surface area contributed by atoms with E-state index in [1.807, 2.05) is 84.7 Å². The molecule has 3 aliphatic heterocycles. The number of aliphatic hydroxyl groups is 4. The minimum absolute atomic E-state index is 0. The smallest absolute Gasteiger partial charge is 0.343 e. The van der Waals surface area contributed by atoms with Crippen molar-refractivity contribution in [1.29, 1.82) is 0 Å². The third-order valence-corrected chi connectivity index (χ3v) is 16.6. The molecule has 9 rings (SSSR count). The number of methoxy groups -OCH3 is 1. The van der Waals surface area contributed by atoms with Gasteiger partial charge in [-0.2, -0.15) is 0 Å². The Labute approximate surface area is 468 Å². The zero-order valence-electron chi connectivity index (χ0n) is 45.9. The molecule has 6 fully saturated rings. The number of likely N-dealkylation sites (tertiary alicyclic amines) is 3. The number of benzene rings is 3. The predicted octanol–water partition coefficient (Wildman–Crippen LogP) is 5.87. The second kappa shape index (κ2) is 31.4. The predicted molar refractivity (Wildman–Crippen MR) is 294 cm³/mol. The molecular weight excluding hydrogens is 1080 g/mol. The fraction of sp³-hybridized carbons (Fsp3) is 0.650. The van der Waals surface area contributed by atoms with Gasteiger partial charge in [0.25, 0.3) is 0 Å². The molecule has 0 radical (unpaired) electrons. The van der Waals surface area contributed by atoms with E-state index >= 15 is 0 Å². The highest BCUT2D eigenvalue weighted by molar-refractivity contribution is 9.08. The number of nitrogens with zero attached hydrogens (tertiary/aromatic N) is 3. The highest BCUT2D eigenvalue weighted by atomic mass is 79.9. The lowest BCUT2D eigenvalue weighted by molar-refractivity contribution is -0.896. The molecule has 3 aromatic carbocycles. The number of rotatable bonds is 11. The molecule has 0 bridgehead atoms. The van der Waals surface area contributed by atoms with E-state index < -0.39 is 34.7 Å². The second-order valence-electron chi connectivity index (χ2n) is 22.3. The number of aliphatic hydroxyl groups excluding tert-OH is 1. The van der Waals surface area contributed by atoms with Crippen LogP contribution in [0.25, 0.3) is 0 Å². The first-order valence-electron chi connectivity index (χ1n) is 27.6. The van der Waals surface area contributed by atoms with Crippen LogP contribution < -0.4 is 17.0 Å². The summed E-state index contributed by atoms with van der Waals surface area (Å²) >= 11 is 2.94. The molecule has 420 valence electrons. The molecule has 15 heteroatoms. The molecular formula is C60H91Br2N3O10. The van der Waals surface area contributed by atoms with Crippen molar-refractivity contribution in [1.82, 2.24) is 9.80 Å². The number of alkyl halides is 1. The van der Waals surface area contributed by atoms with Crippen LogP contribution in [0.2, 0.25) is 0 Å². The number of esters is 3. The number of carbonyl (C=O) groups is 3. The maximum atomic E-state index is 13.0. The Morgan fingerprint density at radius 1 is 0.493 bits per heavy atom. The number of ether oxygens (including phenoxy) is 3. The van der Waals surface area contributed by atoms with E-state index in [1.54, 1.807) is 12.1 Å². The summed E-state index contributed by atoms with van der Waals surface area (Å²) in [6.07, 6.45) is 16.9. The van der Waals surface area contributed by atoms with Gasteiger partial charge < -0.3 is 65.9 Å². The van der Waals surface area contributed by atoms with Crippen molar-refractivity contribution >= 4 is 33.8 Å². The largest absolute Gasteiger partial charge is 1.00 e. The minimum Gasteiger partial charge on any atom is -1.00 e. The van der Waals surface area contributed by atoms with Gasteiger partial charge in [-0.15, -0.1) is 0 Å². The summed E-state index contributed by atoms with van der Waals surface area (Å²) in [6, 6.07) is 27.8. The number of quaternary nitrogens is 1. The lowest BCUT2D eigenvalue weighted by Crippen LogP contribution is -3.00. The summed E-state index contributed by atoms with van der Waals surface area (Å²) in [7, 11) is 9.90. The Kier molecular flexibility index (Phi) is 26.9. The van der Waals surface area contributed by atoms with Gasteiger partial charge >= 0.3 is 17.9 Å². The van der Waals surface area contributed by atoms with E-state index in [1.165, 1.54) is 7.11 Å². The minimum atomic E-state index is -1.50. The molecule has 3 unspecified atom stereocenters. The van der Waals surface area contributed by atoms with Crippen molar-refractivity contribution in [2.24, 2.45) is 17.8 Å². The Morgan fingerprint density at radius 2 is 0.773 bits per heavy atom. The quantitative estimate of drug-likeness (QED) is 0.0783. The van der Waals surface area contributed by atoms with Gasteiger partial charge in [0, 0.05) is 56.8 Å². The van der Waals surface area contributed by atoms with Gasteiger partial charge in [0.05, 0.1) is 40.4 Å². The maximum Gasteiger partial charge on any atom is 0.343 e. The van der Waals surface area contributed by atoms with Crippen molar-refractivity contribution in [3.05, 3.63) is 108 Å². The molecule has 4 N–H and O–H groups in total. The first-order valence-corrected chi connectivity index (χ1v) is 29.2. The number of piperidine rings is 3. The summed E-state index contributed by atoms with van der Waals surface area (Å²) in [4.78, 5) is 42.4. The van der Waals surface area contributed by atoms with Crippen LogP contribution in [0.15, 0.2) is 91.0 Å². The van der Waals surface area contributed by atoms with E-state index in [4.69, 9.17) is 19.3 Å². The zero-order valence-corrected chi connectivity index (χ0v) is 49.1. The van der Waals surface area contributed by atoms with Crippen LogP contribution in [0.5, 0.6) is 0 Å². The standard InChI is InChI=1S/C20H30NO3.C19H27NO3.C14H18O3.C6H13NO.CH3Br.BrH/c1-21(2)14-12-18(13-15-21)24-19(22)20(23,17-10-6-7-11-17)16-8-4-3-5-9-16;1-20-13-11-17(12-14-20)23-18(21)19(22,16-9-5-6-10-16)15-7-3-2-4-8-15;1-17-13(15)14(16,12-9-5-6-10-12)11-7-3-2-4-8-11;1-7-4-2-6(8)3-5-7;1-2;/h3-5,8-9,17-18,23H,6-7,10-15H2,1-2H3;2-4,7-8,16-17,22H,5-6,9-14H2,1H3;2-4,7-8,12,16H,5-6,9-10H2,1H3;6,8H,2-5H2,1H3;1H3;1H/q+1;;;;;/p-1. The van der Waals surface area contributed by atoms with Gasteiger partial charge in [0.1, 0.15) is 12.2 Å². The van der Waals surface area contributed by atoms with E-state index in [9.17, 15) is 29.7 Å². The van der Waals surface area contributed by atoms with Crippen LogP contribution in [-0.4, -0.2) is 151 Å². The number of carbonyl (C=O) groups excluding carboxylic acids is 3. The van der Waals surface area contributed by atoms with Crippen LogP contribution in [0.1, 0.15) is 132 Å². The summed E-state index contributed by atoms with van der Waals surface area (Å²) in [5.41, 5.74) is -2.50. The Morgan fingerprint density at radius 3 is 1.07 bits per heavy atom. The first kappa shape index (κ1) is 64.3. The summed E-state index contributed by atoms with van der Waals surface area (Å²) in [5.74, 6) is 0.260. The molecule has 3 saturated carbocycles. The van der Waals surface area contributed by atoms with Crippen molar-refractivity contribution < 1.29 is 70.5 Å². The molecule has 3 aliphatic carbocycles. The van der Waals surface area contributed by atoms with E-state index in [-0.39, 0.29) is 53.0 Å². The first-order chi connectivity index (χ1) is 35.5. The van der Waals surface area contributed by atoms with Gasteiger partial charge in [-0.25, -0.2) is 14.4 Å². The van der Waals surface area contributed by atoms with Crippen molar-refractivity contribution in [3.8, 4) is 0 Å². The van der Waals surface area contributed by atoms with E-state index in [0.29, 0.717) is 16.7 Å². The number of hydrogen-bond donors (Lipinski definition) is 4. The monoisotopic (exact) mass is 1170 g/mol. The SMILES string of the molecule is CBr.CN1CCC(O)CC1.CN1CCC(OC(=O)C(O)(c2ccccc2)C2CCCC2)CC1.COC(=O)C(O)(c1ccccc1)C1CCCC1.C[N+]1(C)CCC(OC(=O)C(O)(c2ccccc2)C2CCCC2)CC1.[Br-]. The topological polar surface area (TPSA) is 166 Å². The highest BCUT2D eigenvalue weighted by Crippen LogP contribution is 2.44. The molecule has 3 aromatic rings. The van der Waals surface area contributed by atoms with E-state index in [0.717, 1.165) is 159 Å². The van der Waals surface area contributed by atoms with Gasteiger partial charge in [-0.05, 0) is 101 Å². The van der Waals surface area contributed by atoms with E-state index in [2.05, 4.69) is 53.9 Å². The molecule has 6 aliphatic rings. The number of halogens is 2. The average Bonchev–Trinajstić information content (AvgIpc) is 4.29. The highest BCUT2D eigenvalue weighted by Gasteiger charge is 2.51. The van der Waals surface area contributed by atoms with Gasteiger partial charge in [-0.1, -0.05) is 145 Å². The third-order valence-electron chi connectivity index (χ3n) is 16.6. The average molecular weight is 1170 g/mol. The van der Waals surface area contributed by atoms with Crippen LogP contribution in [0.4, 0.5) is 0 Å². The Balaban J connectivity index is 0.000000224. The molecule has 3 saturated heterocycles. The fourth-order valence-electron chi connectivity index (χ4n) is 11.8. The molecule has 3 atom stereocenters. The van der Waals surface area contributed by atoms with Crippen LogP contribution in [-0.2, 0) is 45.4 Å². The second-order valence-corrected chi connectivity index (χ2v) is 22.3. The lowest BCUT2D eigenvalue weighted by atomic mass is 9.80. The van der Waals surface area contributed by atoms with Gasteiger partial charge in [0.15, 0.2) is 16.8 Å². The van der Waals surface area contributed by atoms with Gasteiger partial charge in [-0.3, -0.25) is 0 Å². The number of hydrogen-bond acceptors (Lipinski definition) is 12. The van der Waals surface area contributed by atoms with Crippen LogP contribution in [0.3, 0.4) is 0 Å². The Hall–Kier alpha value is -3.25. The normalized spacial score (nSPS) is 22.4. The van der Waals surface area contributed by atoms with Crippen molar-refractivity contribution in [2.45, 2.75) is 151 Å². The third kappa shape index (κ3) is 17.6. The Bertz CT molecular complexity index is 2070. The van der Waals surface area contributed by atoms with Crippen molar-refractivity contribution in [3.63, 3.8) is 0 Å².